The second-order valence-corrected chi connectivity index (χ2v) is 1.93. The van der Waals surface area contributed by atoms with Crippen molar-refractivity contribution in [1.82, 2.24) is 0 Å². The average Bonchev–Trinajstić information content (AvgIpc) is 1.88. The first-order chi connectivity index (χ1) is 4.75. The maximum atomic E-state index is 12.5. The molecule has 1 rings (SSSR count). The molecule has 1 N–H and O–H groups in total. The molecule has 4 heteroatoms. The SMILES string of the molecule is Fc1cccc(F)c1NS. The van der Waals surface area contributed by atoms with Gasteiger partial charge in [0.2, 0.25) is 0 Å². The van der Waals surface area contributed by atoms with Gasteiger partial charge in [-0.05, 0) is 12.1 Å². The smallest absolute Gasteiger partial charge is 0.150 e. The second-order valence-electron chi connectivity index (χ2n) is 1.71. The highest BCUT2D eigenvalue weighted by Gasteiger charge is 2.04. The third-order valence-corrected chi connectivity index (χ3v) is 1.30. The summed E-state index contributed by atoms with van der Waals surface area (Å²) in [6.45, 7) is 0. The lowest BCUT2D eigenvalue weighted by atomic mass is 10.3. The van der Waals surface area contributed by atoms with Crippen molar-refractivity contribution in [2.75, 3.05) is 4.72 Å². The van der Waals surface area contributed by atoms with Crippen molar-refractivity contribution in [3.8, 4) is 0 Å². The van der Waals surface area contributed by atoms with Crippen LogP contribution in [0, 0.1) is 11.6 Å². The van der Waals surface area contributed by atoms with Gasteiger partial charge in [-0.25, -0.2) is 8.78 Å². The first kappa shape index (κ1) is 7.34. The van der Waals surface area contributed by atoms with Crippen LogP contribution in [0.2, 0.25) is 0 Å². The van der Waals surface area contributed by atoms with Crippen molar-refractivity contribution in [1.29, 1.82) is 0 Å². The Hall–Kier alpha value is -0.770. The van der Waals surface area contributed by atoms with E-state index in [1.807, 2.05) is 0 Å². The Kier molecular flexibility index (Phi) is 2.11. The standard InChI is InChI=1S/C6H5F2NS/c7-4-2-1-3-5(8)6(4)9-10/h1-3,9-10H. The first-order valence-electron chi connectivity index (χ1n) is 2.60. The van der Waals surface area contributed by atoms with Crippen molar-refractivity contribution in [2.45, 2.75) is 0 Å². The summed E-state index contributed by atoms with van der Waals surface area (Å²) in [6.07, 6.45) is 0. The number of benzene rings is 1. The van der Waals surface area contributed by atoms with Gasteiger partial charge in [-0.1, -0.05) is 18.9 Å². The van der Waals surface area contributed by atoms with Gasteiger partial charge < -0.3 is 4.72 Å². The molecule has 0 saturated heterocycles. The highest BCUT2D eigenvalue weighted by atomic mass is 32.1. The minimum Gasteiger partial charge on any atom is -0.327 e. The molecule has 0 atom stereocenters. The topological polar surface area (TPSA) is 12.0 Å². The molecule has 0 radical (unpaired) electrons. The lowest BCUT2D eigenvalue weighted by molar-refractivity contribution is 0.592. The third kappa shape index (κ3) is 1.21. The molecule has 1 aromatic carbocycles. The number of hydrogen-bond donors (Lipinski definition) is 2. The molecule has 0 fully saturated rings. The molecule has 0 unspecified atom stereocenters. The van der Waals surface area contributed by atoms with E-state index in [4.69, 9.17) is 0 Å². The quantitative estimate of drug-likeness (QED) is 0.602. The fourth-order valence-electron chi connectivity index (χ4n) is 0.605. The summed E-state index contributed by atoms with van der Waals surface area (Å²) in [5.41, 5.74) is -0.217. The summed E-state index contributed by atoms with van der Waals surface area (Å²) in [5.74, 6) is -1.29. The molecule has 0 aliphatic heterocycles. The van der Waals surface area contributed by atoms with E-state index in [1.165, 1.54) is 6.07 Å². The second kappa shape index (κ2) is 2.88. The third-order valence-electron chi connectivity index (χ3n) is 1.07. The molecule has 0 aliphatic rings. The van der Waals surface area contributed by atoms with Crippen molar-refractivity contribution in [2.24, 2.45) is 0 Å². The number of halogens is 2. The maximum Gasteiger partial charge on any atom is 0.150 e. The summed E-state index contributed by atoms with van der Waals surface area (Å²) in [7, 11) is 0. The Morgan fingerprint density at radius 3 is 2.00 bits per heavy atom. The number of anilines is 1. The highest BCUT2D eigenvalue weighted by molar-refractivity contribution is 7.81. The minimum atomic E-state index is -0.644. The van der Waals surface area contributed by atoms with E-state index < -0.39 is 11.6 Å². The molecule has 0 heterocycles. The van der Waals surface area contributed by atoms with Gasteiger partial charge in [0.15, 0.2) is 0 Å². The predicted molar refractivity (Wildman–Crippen MR) is 39.0 cm³/mol. The van der Waals surface area contributed by atoms with E-state index in [1.54, 1.807) is 0 Å². The van der Waals surface area contributed by atoms with Crippen LogP contribution < -0.4 is 4.72 Å². The van der Waals surface area contributed by atoms with Crippen molar-refractivity contribution in [3.05, 3.63) is 29.8 Å². The molecular formula is C6H5F2NS. The van der Waals surface area contributed by atoms with Crippen LogP contribution in [0.25, 0.3) is 0 Å². The van der Waals surface area contributed by atoms with E-state index in [-0.39, 0.29) is 5.69 Å². The number of thiol groups is 1. The Balaban J connectivity index is 3.17. The molecule has 1 aromatic rings. The highest BCUT2D eigenvalue weighted by Crippen LogP contribution is 2.17. The van der Waals surface area contributed by atoms with Gasteiger partial charge in [0, 0.05) is 0 Å². The summed E-state index contributed by atoms with van der Waals surface area (Å²) < 4.78 is 27.1. The summed E-state index contributed by atoms with van der Waals surface area (Å²) in [6, 6.07) is 3.60. The van der Waals surface area contributed by atoms with Crippen LogP contribution in [-0.4, -0.2) is 0 Å². The van der Waals surface area contributed by atoms with E-state index in [9.17, 15) is 8.78 Å². The van der Waals surface area contributed by atoms with Gasteiger partial charge in [-0.2, -0.15) is 0 Å². The summed E-state index contributed by atoms with van der Waals surface area (Å²) in [4.78, 5) is 0. The molecule has 0 saturated carbocycles. The monoisotopic (exact) mass is 161 g/mol. The van der Waals surface area contributed by atoms with Crippen LogP contribution >= 0.6 is 12.8 Å². The number of nitrogens with one attached hydrogen (secondary N) is 1. The van der Waals surface area contributed by atoms with Gasteiger partial charge in [0.1, 0.15) is 17.3 Å². The number of rotatable bonds is 1. The predicted octanol–water partition coefficient (Wildman–Crippen LogP) is 2.22. The Labute approximate surface area is 62.6 Å². The number of hydrogen-bond acceptors (Lipinski definition) is 2. The molecule has 10 heavy (non-hydrogen) atoms. The lowest BCUT2D eigenvalue weighted by Gasteiger charge is -2.00. The Morgan fingerprint density at radius 1 is 1.20 bits per heavy atom. The van der Waals surface area contributed by atoms with E-state index >= 15 is 0 Å². The maximum absolute atomic E-state index is 12.5. The molecule has 0 bridgehead atoms. The van der Waals surface area contributed by atoms with E-state index in [0.29, 0.717) is 0 Å². The number of para-hydroxylation sites is 1. The molecule has 0 amide bonds. The largest absolute Gasteiger partial charge is 0.327 e. The fraction of sp³-hybridized carbons (Fsp3) is 0. The van der Waals surface area contributed by atoms with Gasteiger partial charge in [0.25, 0.3) is 0 Å². The van der Waals surface area contributed by atoms with Crippen LogP contribution in [0.15, 0.2) is 18.2 Å². The Morgan fingerprint density at radius 2 is 1.70 bits per heavy atom. The lowest BCUT2D eigenvalue weighted by Crippen LogP contribution is -1.90. The molecular weight excluding hydrogens is 156 g/mol. The zero-order valence-electron chi connectivity index (χ0n) is 4.94. The van der Waals surface area contributed by atoms with Crippen LogP contribution in [0.5, 0.6) is 0 Å². The van der Waals surface area contributed by atoms with Gasteiger partial charge in [-0.15, -0.1) is 0 Å². The van der Waals surface area contributed by atoms with Gasteiger partial charge in [0.05, 0.1) is 0 Å². The van der Waals surface area contributed by atoms with Gasteiger partial charge in [-0.3, -0.25) is 0 Å². The van der Waals surface area contributed by atoms with Crippen LogP contribution in [-0.2, 0) is 0 Å². The molecule has 54 valence electrons. The minimum absolute atomic E-state index is 0.217. The molecule has 0 spiro atoms. The zero-order chi connectivity index (χ0) is 7.56. The van der Waals surface area contributed by atoms with Gasteiger partial charge >= 0.3 is 0 Å². The Bertz CT molecular complexity index is 219. The average molecular weight is 161 g/mol. The van der Waals surface area contributed by atoms with E-state index in [0.717, 1.165) is 12.1 Å². The summed E-state index contributed by atoms with van der Waals surface area (Å²) >= 11 is 3.52. The molecule has 0 aliphatic carbocycles. The fourth-order valence-corrected chi connectivity index (χ4v) is 0.818. The zero-order valence-corrected chi connectivity index (χ0v) is 5.83. The van der Waals surface area contributed by atoms with E-state index in [2.05, 4.69) is 17.5 Å². The molecule has 1 nitrogen and oxygen atoms in total. The van der Waals surface area contributed by atoms with Crippen LogP contribution in [0.4, 0.5) is 14.5 Å². The van der Waals surface area contributed by atoms with Crippen molar-refractivity contribution >= 4 is 18.5 Å². The summed E-state index contributed by atoms with van der Waals surface area (Å²) in [5, 5.41) is 0. The van der Waals surface area contributed by atoms with Crippen LogP contribution in [0.3, 0.4) is 0 Å². The molecule has 0 aromatic heterocycles. The van der Waals surface area contributed by atoms with Crippen molar-refractivity contribution in [3.63, 3.8) is 0 Å². The first-order valence-corrected chi connectivity index (χ1v) is 3.04. The normalized spacial score (nSPS) is 9.50. The van der Waals surface area contributed by atoms with Crippen LogP contribution in [0.1, 0.15) is 0 Å². The van der Waals surface area contributed by atoms with Crippen molar-refractivity contribution < 1.29 is 8.78 Å².